The number of nitrogens with two attached hydrogens (primary N) is 1. The molecule has 0 heterocycles. The Bertz CT molecular complexity index is 1040. The van der Waals surface area contributed by atoms with Crippen LogP contribution in [-0.2, 0) is 16.8 Å². The molecule has 1 amide bonds. The normalized spacial score (nSPS) is 13.5. The number of alkyl halides is 3. The summed E-state index contributed by atoms with van der Waals surface area (Å²) in [6, 6.07) is 19.4. The lowest BCUT2D eigenvalue weighted by atomic mass is 9.84. The van der Waals surface area contributed by atoms with Crippen LogP contribution in [0.3, 0.4) is 0 Å². The van der Waals surface area contributed by atoms with E-state index in [2.05, 4.69) is 0 Å². The molecule has 7 heteroatoms. The molecule has 0 aliphatic rings. The van der Waals surface area contributed by atoms with Crippen molar-refractivity contribution in [3.8, 4) is 0 Å². The van der Waals surface area contributed by atoms with E-state index in [1.807, 2.05) is 18.2 Å². The fourth-order valence-electron chi connectivity index (χ4n) is 3.25. The Kier molecular flexibility index (Phi) is 6.14. The van der Waals surface area contributed by atoms with Gasteiger partial charge >= 0.3 is 12.1 Å². The van der Waals surface area contributed by atoms with Gasteiger partial charge in [-0.1, -0.05) is 60.7 Å². The molecule has 0 spiro atoms. The van der Waals surface area contributed by atoms with Crippen molar-refractivity contribution in [3.05, 3.63) is 101 Å². The second-order valence-corrected chi connectivity index (χ2v) is 6.84. The van der Waals surface area contributed by atoms with E-state index in [0.29, 0.717) is 5.69 Å². The molecule has 3 rings (SSSR count). The Balaban J connectivity index is 1.94. The zero-order valence-electron chi connectivity index (χ0n) is 15.9. The maximum atomic E-state index is 13.9. The van der Waals surface area contributed by atoms with Gasteiger partial charge in [0.05, 0.1) is 12.0 Å². The van der Waals surface area contributed by atoms with Crippen molar-refractivity contribution in [2.24, 2.45) is 0 Å². The summed E-state index contributed by atoms with van der Waals surface area (Å²) in [5.74, 6) is -0.244. The third-order valence-corrected chi connectivity index (χ3v) is 4.80. The number of rotatable bonds is 6. The van der Waals surface area contributed by atoms with Crippen LogP contribution >= 0.6 is 0 Å². The number of quaternary nitrogens is 1. The van der Waals surface area contributed by atoms with Gasteiger partial charge in [0.25, 0.3) is 0 Å². The molecule has 0 saturated carbocycles. The van der Waals surface area contributed by atoms with E-state index in [0.717, 1.165) is 23.9 Å². The molecular formula is C23H20F3N2O2+. The first-order chi connectivity index (χ1) is 14.3. The Labute approximate surface area is 171 Å². The molecule has 3 aromatic carbocycles. The van der Waals surface area contributed by atoms with Gasteiger partial charge < -0.3 is 10.5 Å². The lowest BCUT2D eigenvalue weighted by Gasteiger charge is -2.31. The molecule has 30 heavy (non-hydrogen) atoms. The number of aliphatic hydroxyl groups is 1. The summed E-state index contributed by atoms with van der Waals surface area (Å²) < 4.78 is 41.7. The molecule has 0 saturated heterocycles. The van der Waals surface area contributed by atoms with E-state index in [-0.39, 0.29) is 23.5 Å². The van der Waals surface area contributed by atoms with Gasteiger partial charge in [-0.25, -0.2) is 4.79 Å². The van der Waals surface area contributed by atoms with Gasteiger partial charge in [0.2, 0.25) is 5.60 Å². The second-order valence-electron chi connectivity index (χ2n) is 6.84. The fourth-order valence-corrected chi connectivity index (χ4v) is 3.25. The fraction of sp³-hybridized carbons (Fsp3) is 0.130. The van der Waals surface area contributed by atoms with Gasteiger partial charge in [0, 0.05) is 12.3 Å². The third kappa shape index (κ3) is 4.32. The number of amides is 1. The third-order valence-electron chi connectivity index (χ3n) is 4.80. The number of nitrogens with one attached hydrogen (secondary N) is 1. The number of halogens is 3. The van der Waals surface area contributed by atoms with Crippen molar-refractivity contribution in [1.29, 1.82) is 5.41 Å². The van der Waals surface area contributed by atoms with E-state index in [1.165, 1.54) is 35.6 Å². The summed E-state index contributed by atoms with van der Waals surface area (Å²) in [6.07, 6.45) is -3.98. The standard InChI is InChI=1S/C23H19F3N2O2/c24-23(25,26)22(30,18-9-5-2-6-10-18)19-11-12-20(17(14-19)15-27)28-21(29)13-16-7-3-1-4-8-16/h1-12,14-15,27,30H,13H2,(H,28,29)/p+1. The summed E-state index contributed by atoms with van der Waals surface area (Å²) in [6.45, 7) is 0. The van der Waals surface area contributed by atoms with Gasteiger partial charge in [-0.2, -0.15) is 13.2 Å². The summed E-state index contributed by atoms with van der Waals surface area (Å²) in [4.78, 5) is 12.4. The van der Waals surface area contributed by atoms with Crippen molar-refractivity contribution < 1.29 is 28.4 Å². The van der Waals surface area contributed by atoms with Crippen LogP contribution in [0.1, 0.15) is 22.3 Å². The quantitative estimate of drug-likeness (QED) is 0.428. The van der Waals surface area contributed by atoms with Gasteiger partial charge in [0.15, 0.2) is 0 Å². The largest absolute Gasteiger partial charge is 0.425 e. The van der Waals surface area contributed by atoms with Crippen LogP contribution in [0.2, 0.25) is 0 Å². The van der Waals surface area contributed by atoms with Gasteiger partial charge in [0.1, 0.15) is 5.69 Å². The first kappa shape index (κ1) is 21.4. The predicted octanol–water partition coefficient (Wildman–Crippen LogP) is 3.45. The van der Waals surface area contributed by atoms with Crippen LogP contribution in [0.4, 0.5) is 18.9 Å². The highest BCUT2D eigenvalue weighted by Crippen LogP contribution is 2.44. The van der Waals surface area contributed by atoms with Crippen LogP contribution in [0.5, 0.6) is 0 Å². The van der Waals surface area contributed by atoms with Crippen molar-refractivity contribution >= 4 is 17.8 Å². The number of hydrogen-bond donors (Lipinski definition) is 3. The molecule has 1 atom stereocenters. The summed E-state index contributed by atoms with van der Waals surface area (Å²) >= 11 is 0. The monoisotopic (exact) mass is 413 g/mol. The first-order valence-corrected chi connectivity index (χ1v) is 9.17. The Morgan fingerprint density at radius 2 is 1.53 bits per heavy atom. The van der Waals surface area contributed by atoms with Crippen LogP contribution in [0.15, 0.2) is 78.9 Å². The first-order valence-electron chi connectivity index (χ1n) is 9.17. The number of carbonyl (C=O) groups excluding carboxylic acids is 1. The van der Waals surface area contributed by atoms with E-state index < -0.39 is 17.3 Å². The van der Waals surface area contributed by atoms with Crippen molar-refractivity contribution in [2.45, 2.75) is 18.2 Å². The van der Waals surface area contributed by atoms with Crippen molar-refractivity contribution in [2.75, 3.05) is 0 Å². The maximum absolute atomic E-state index is 13.9. The molecule has 3 aromatic rings. The second kappa shape index (κ2) is 8.61. The van der Waals surface area contributed by atoms with E-state index >= 15 is 0 Å². The Morgan fingerprint density at radius 3 is 2.10 bits per heavy atom. The highest BCUT2D eigenvalue weighted by molar-refractivity contribution is 5.85. The summed E-state index contributed by atoms with van der Waals surface area (Å²) in [7, 11) is 0. The van der Waals surface area contributed by atoms with Crippen LogP contribution < -0.4 is 5.32 Å². The van der Waals surface area contributed by atoms with E-state index in [4.69, 9.17) is 5.41 Å². The molecular weight excluding hydrogens is 393 g/mol. The number of carbonyl (C=O) groups is 1. The highest BCUT2D eigenvalue weighted by Gasteiger charge is 2.56. The predicted molar refractivity (Wildman–Crippen MR) is 107 cm³/mol. The van der Waals surface area contributed by atoms with Gasteiger partial charge in [-0.05, 0) is 28.8 Å². The van der Waals surface area contributed by atoms with Gasteiger partial charge in [-0.3, -0.25) is 5.32 Å². The van der Waals surface area contributed by atoms with Gasteiger partial charge in [-0.15, -0.1) is 0 Å². The lowest BCUT2D eigenvalue weighted by Crippen LogP contribution is -2.83. The van der Waals surface area contributed by atoms with Crippen LogP contribution in [0.25, 0.3) is 0 Å². The number of benzene rings is 3. The Hall–Kier alpha value is -3.29. The molecule has 4 N–H and O–H groups in total. The minimum atomic E-state index is -4.98. The minimum absolute atomic E-state index is 0.104. The van der Waals surface area contributed by atoms with Crippen molar-refractivity contribution in [1.82, 2.24) is 0 Å². The summed E-state index contributed by atoms with van der Waals surface area (Å²) in [5, 5.41) is 19.6. The Morgan fingerprint density at radius 1 is 0.933 bits per heavy atom. The average molecular weight is 413 g/mol. The molecule has 0 bridgehead atoms. The maximum Gasteiger partial charge on any atom is 0.425 e. The average Bonchev–Trinajstić information content (AvgIpc) is 2.74. The lowest BCUT2D eigenvalue weighted by molar-refractivity contribution is -0.483. The summed E-state index contributed by atoms with van der Waals surface area (Å²) in [5.41, 5.74) is -2.77. The number of primary amides is 1. The molecule has 0 aliphatic heterocycles. The van der Waals surface area contributed by atoms with Crippen molar-refractivity contribution in [3.63, 3.8) is 0 Å². The SMILES string of the molecule is N=Cc1cc(C(O)(c2ccccc2)C(F)(F)F)ccc1[NH2+]C(=O)Cc1ccccc1. The molecule has 1 unspecified atom stereocenters. The smallest absolute Gasteiger partial charge is 0.372 e. The number of hydrogen-bond acceptors (Lipinski definition) is 3. The molecule has 4 nitrogen and oxygen atoms in total. The highest BCUT2D eigenvalue weighted by atomic mass is 19.4. The van der Waals surface area contributed by atoms with Crippen LogP contribution in [-0.4, -0.2) is 23.4 Å². The molecule has 154 valence electrons. The molecule has 0 fully saturated rings. The molecule has 0 radical (unpaired) electrons. The minimum Gasteiger partial charge on any atom is -0.372 e. The zero-order chi connectivity index (χ0) is 21.8. The zero-order valence-corrected chi connectivity index (χ0v) is 15.9. The van der Waals surface area contributed by atoms with E-state index in [1.54, 1.807) is 18.2 Å². The topological polar surface area (TPSA) is 77.8 Å². The molecule has 0 aromatic heterocycles. The van der Waals surface area contributed by atoms with E-state index in [9.17, 15) is 23.1 Å². The molecule has 0 aliphatic carbocycles. The van der Waals surface area contributed by atoms with Crippen LogP contribution in [0, 0.1) is 5.41 Å².